The van der Waals surface area contributed by atoms with Crippen molar-refractivity contribution in [3.05, 3.63) is 12.2 Å². The molecule has 4 nitrogen and oxygen atoms in total. The van der Waals surface area contributed by atoms with Crippen molar-refractivity contribution in [2.45, 2.75) is 25.3 Å². The predicted molar refractivity (Wildman–Crippen MR) is 51.2 cm³/mol. The molecule has 0 amide bonds. The van der Waals surface area contributed by atoms with Gasteiger partial charge in [0.25, 0.3) is 10.1 Å². The lowest BCUT2D eigenvalue weighted by molar-refractivity contribution is 0.475. The predicted octanol–water partition coefficient (Wildman–Crippen LogP) is 0.573. The summed E-state index contributed by atoms with van der Waals surface area (Å²) in [6, 6.07) is 0.274. The minimum atomic E-state index is -3.81. The maximum Gasteiger partial charge on any atom is 0.266 e. The van der Waals surface area contributed by atoms with Crippen molar-refractivity contribution in [2.24, 2.45) is 0 Å². The van der Waals surface area contributed by atoms with Crippen LogP contribution in [0.15, 0.2) is 12.2 Å². The van der Waals surface area contributed by atoms with Gasteiger partial charge < -0.3 is 5.32 Å². The Labute approximate surface area is 78.8 Å². The normalized spacial score (nSPS) is 23.3. The number of allylic oxidation sites excluding steroid dienone is 1. The molecule has 0 bridgehead atoms. The van der Waals surface area contributed by atoms with E-state index < -0.39 is 10.1 Å². The number of hydrogen-bond acceptors (Lipinski definition) is 3. The summed E-state index contributed by atoms with van der Waals surface area (Å²) in [6.45, 7) is 0.313. The Bertz CT molecular complexity index is 271. The van der Waals surface area contributed by atoms with E-state index in [2.05, 4.69) is 11.4 Å². The summed E-state index contributed by atoms with van der Waals surface area (Å²) in [5.41, 5.74) is 0. The van der Waals surface area contributed by atoms with Gasteiger partial charge in [0.15, 0.2) is 0 Å². The van der Waals surface area contributed by atoms with E-state index >= 15 is 0 Å². The molecule has 0 saturated carbocycles. The first-order valence-electron chi connectivity index (χ1n) is 4.43. The van der Waals surface area contributed by atoms with Crippen LogP contribution < -0.4 is 5.32 Å². The molecule has 0 fully saturated rings. The van der Waals surface area contributed by atoms with Crippen LogP contribution in [-0.4, -0.2) is 31.3 Å². The minimum Gasteiger partial charge on any atom is -0.309 e. The largest absolute Gasteiger partial charge is 0.309 e. The average molecular weight is 205 g/mol. The summed E-state index contributed by atoms with van der Waals surface area (Å²) in [5, 5.41) is 3.05. The maximum absolute atomic E-state index is 10.4. The fourth-order valence-corrected chi connectivity index (χ4v) is 1.73. The highest BCUT2D eigenvalue weighted by atomic mass is 32.2. The zero-order valence-electron chi connectivity index (χ0n) is 7.44. The SMILES string of the molecule is O=S(=O)(O)CCN[C@H]1C=CCCC1. The summed E-state index contributed by atoms with van der Waals surface area (Å²) in [7, 11) is -3.81. The van der Waals surface area contributed by atoms with Gasteiger partial charge in [0.1, 0.15) is 0 Å². The fourth-order valence-electron chi connectivity index (χ4n) is 1.36. The number of hydrogen-bond donors (Lipinski definition) is 2. The van der Waals surface area contributed by atoms with E-state index in [1.165, 1.54) is 0 Å². The van der Waals surface area contributed by atoms with Gasteiger partial charge in [0.05, 0.1) is 5.75 Å². The van der Waals surface area contributed by atoms with Gasteiger partial charge in [-0.05, 0) is 19.3 Å². The average Bonchev–Trinajstić information content (AvgIpc) is 2.04. The molecular formula is C8H15NO3S. The molecule has 1 aliphatic carbocycles. The highest BCUT2D eigenvalue weighted by molar-refractivity contribution is 7.85. The lowest BCUT2D eigenvalue weighted by atomic mass is 10.0. The van der Waals surface area contributed by atoms with E-state index in [1.54, 1.807) is 0 Å². The smallest absolute Gasteiger partial charge is 0.266 e. The zero-order chi connectivity index (χ0) is 9.73. The van der Waals surface area contributed by atoms with E-state index in [0.717, 1.165) is 19.3 Å². The van der Waals surface area contributed by atoms with Gasteiger partial charge >= 0.3 is 0 Å². The van der Waals surface area contributed by atoms with Gasteiger partial charge in [-0.1, -0.05) is 12.2 Å². The highest BCUT2D eigenvalue weighted by Crippen LogP contribution is 2.09. The van der Waals surface area contributed by atoms with Crippen LogP contribution in [0.1, 0.15) is 19.3 Å². The topological polar surface area (TPSA) is 66.4 Å². The molecule has 1 atom stereocenters. The van der Waals surface area contributed by atoms with Crippen LogP contribution in [0.5, 0.6) is 0 Å². The molecule has 5 heteroatoms. The van der Waals surface area contributed by atoms with Crippen molar-refractivity contribution in [3.63, 3.8) is 0 Å². The van der Waals surface area contributed by atoms with E-state index in [-0.39, 0.29) is 11.8 Å². The Kier molecular flexibility index (Phi) is 3.90. The molecule has 76 valence electrons. The molecule has 0 heterocycles. The van der Waals surface area contributed by atoms with E-state index in [9.17, 15) is 8.42 Å². The lowest BCUT2D eigenvalue weighted by Gasteiger charge is -2.17. The molecule has 0 saturated heterocycles. The van der Waals surface area contributed by atoms with Crippen molar-refractivity contribution in [2.75, 3.05) is 12.3 Å². The quantitative estimate of drug-likeness (QED) is 0.520. The van der Waals surface area contributed by atoms with E-state index in [0.29, 0.717) is 6.54 Å². The third-order valence-electron chi connectivity index (χ3n) is 2.02. The molecule has 0 aromatic carbocycles. The van der Waals surface area contributed by atoms with Gasteiger partial charge in [-0.15, -0.1) is 0 Å². The summed E-state index contributed by atoms with van der Waals surface area (Å²) in [4.78, 5) is 0. The maximum atomic E-state index is 10.4. The monoisotopic (exact) mass is 205 g/mol. The first kappa shape index (κ1) is 10.7. The zero-order valence-corrected chi connectivity index (χ0v) is 8.26. The van der Waals surface area contributed by atoms with Crippen LogP contribution in [0.4, 0.5) is 0 Å². The fraction of sp³-hybridized carbons (Fsp3) is 0.750. The van der Waals surface area contributed by atoms with Crippen molar-refractivity contribution in [1.82, 2.24) is 5.32 Å². The second-order valence-electron chi connectivity index (χ2n) is 3.21. The Morgan fingerprint density at radius 2 is 2.31 bits per heavy atom. The van der Waals surface area contributed by atoms with Crippen LogP contribution in [0.3, 0.4) is 0 Å². The van der Waals surface area contributed by atoms with Crippen molar-refractivity contribution in [1.29, 1.82) is 0 Å². The molecule has 0 aliphatic heterocycles. The molecule has 1 rings (SSSR count). The van der Waals surface area contributed by atoms with Gasteiger partial charge in [0, 0.05) is 12.6 Å². The van der Waals surface area contributed by atoms with Gasteiger partial charge in [-0.2, -0.15) is 8.42 Å². The molecular weight excluding hydrogens is 190 g/mol. The van der Waals surface area contributed by atoms with E-state index in [4.69, 9.17) is 4.55 Å². The lowest BCUT2D eigenvalue weighted by Crippen LogP contribution is -2.32. The standard InChI is InChI=1S/C8H15NO3S/c10-13(11,12)7-6-9-8-4-2-1-3-5-8/h2,4,8-9H,1,3,5-7H2,(H,10,11,12)/t8-/m0/s1. The number of rotatable bonds is 4. The summed E-state index contributed by atoms with van der Waals surface area (Å²) in [6.07, 6.45) is 7.43. The molecule has 0 aromatic rings. The molecule has 13 heavy (non-hydrogen) atoms. The van der Waals surface area contributed by atoms with Crippen molar-refractivity contribution < 1.29 is 13.0 Å². The van der Waals surface area contributed by atoms with Crippen LogP contribution in [0.2, 0.25) is 0 Å². The summed E-state index contributed by atoms with van der Waals surface area (Å²) >= 11 is 0. The van der Waals surface area contributed by atoms with E-state index in [1.807, 2.05) is 6.08 Å². The van der Waals surface area contributed by atoms with Crippen LogP contribution in [0.25, 0.3) is 0 Å². The molecule has 0 radical (unpaired) electrons. The molecule has 0 unspecified atom stereocenters. The Morgan fingerprint density at radius 3 is 2.85 bits per heavy atom. The first-order chi connectivity index (χ1) is 6.08. The molecule has 0 spiro atoms. The highest BCUT2D eigenvalue weighted by Gasteiger charge is 2.09. The van der Waals surface area contributed by atoms with Gasteiger partial charge in [0.2, 0.25) is 0 Å². The van der Waals surface area contributed by atoms with Crippen LogP contribution >= 0.6 is 0 Å². The Hall–Kier alpha value is -0.390. The minimum absolute atomic E-state index is 0.211. The Balaban J connectivity index is 2.19. The van der Waals surface area contributed by atoms with Crippen molar-refractivity contribution >= 4 is 10.1 Å². The van der Waals surface area contributed by atoms with Gasteiger partial charge in [-0.25, -0.2) is 0 Å². The third-order valence-corrected chi connectivity index (χ3v) is 2.74. The Morgan fingerprint density at radius 1 is 1.54 bits per heavy atom. The molecule has 1 aliphatic rings. The van der Waals surface area contributed by atoms with Crippen LogP contribution in [0, 0.1) is 0 Å². The summed E-state index contributed by atoms with van der Waals surface area (Å²) in [5.74, 6) is -0.211. The van der Waals surface area contributed by atoms with Crippen molar-refractivity contribution in [3.8, 4) is 0 Å². The second-order valence-corrected chi connectivity index (χ2v) is 4.78. The first-order valence-corrected chi connectivity index (χ1v) is 6.04. The third kappa shape index (κ3) is 5.02. The van der Waals surface area contributed by atoms with Crippen LogP contribution in [-0.2, 0) is 10.1 Å². The summed E-state index contributed by atoms with van der Waals surface area (Å²) < 4.78 is 29.2. The van der Waals surface area contributed by atoms with Gasteiger partial charge in [-0.3, -0.25) is 4.55 Å². The molecule has 2 N–H and O–H groups in total. The molecule has 0 aromatic heterocycles. The number of nitrogens with one attached hydrogen (secondary N) is 1. The second kappa shape index (κ2) is 4.74.